The first-order chi connectivity index (χ1) is 17.2. The smallest absolute Gasteiger partial charge is 0.335 e. The minimum atomic E-state index is -0.793. The summed E-state index contributed by atoms with van der Waals surface area (Å²) >= 11 is 0. The van der Waals surface area contributed by atoms with Crippen LogP contribution in [0.3, 0.4) is 0 Å². The lowest BCUT2D eigenvalue weighted by Gasteiger charge is -2.23. The summed E-state index contributed by atoms with van der Waals surface area (Å²) < 4.78 is 11.9. The first-order valence-corrected chi connectivity index (χ1v) is 11.5. The Morgan fingerprint density at radius 3 is 2.42 bits per heavy atom. The number of hydrogen-bond acceptors (Lipinski definition) is 7. The van der Waals surface area contributed by atoms with E-state index < -0.39 is 23.2 Å². The van der Waals surface area contributed by atoms with Gasteiger partial charge in [0.15, 0.2) is 0 Å². The number of rotatable bonds is 6. The number of benzene rings is 2. The van der Waals surface area contributed by atoms with Crippen molar-refractivity contribution in [2.75, 3.05) is 14.2 Å². The molecule has 188 valence electrons. The molecule has 1 aliphatic rings. The summed E-state index contributed by atoms with van der Waals surface area (Å²) in [5.74, 6) is 0.254. The molecule has 1 aromatic heterocycles. The standard InChI is InChI=1S/C26H28N4O6/c1-6-22(31)30-20(18-12-17(35-4)7-8-21(18)36-5)13-19(28-30)23-24(32)27-26(34)29(25(23)33)16-10-14(2)9-15(3)11-16/h7-12,20,33H,6,13H2,1-5H3,(H,27,32,34)/t20-/m0/s1. The van der Waals surface area contributed by atoms with Crippen LogP contribution in [0.5, 0.6) is 17.4 Å². The van der Waals surface area contributed by atoms with Gasteiger partial charge in [-0.25, -0.2) is 14.4 Å². The molecule has 2 heterocycles. The summed E-state index contributed by atoms with van der Waals surface area (Å²) in [6.45, 7) is 5.44. The molecule has 0 aliphatic carbocycles. The van der Waals surface area contributed by atoms with Crippen LogP contribution >= 0.6 is 0 Å². The van der Waals surface area contributed by atoms with Gasteiger partial charge in [-0.05, 0) is 55.3 Å². The molecule has 0 saturated carbocycles. The quantitative estimate of drug-likeness (QED) is 0.545. The number of amides is 1. The SMILES string of the molecule is CCC(=O)N1N=C(c2c(O)n(-c3cc(C)cc(C)c3)c(=O)[nH]c2=O)C[C@H]1c1cc(OC)ccc1OC. The average molecular weight is 493 g/mol. The highest BCUT2D eigenvalue weighted by Gasteiger charge is 2.37. The molecule has 0 saturated heterocycles. The second-order valence-corrected chi connectivity index (χ2v) is 8.61. The van der Waals surface area contributed by atoms with Crippen LogP contribution in [0.15, 0.2) is 51.1 Å². The number of aryl methyl sites for hydroxylation is 2. The van der Waals surface area contributed by atoms with Crippen molar-refractivity contribution in [2.24, 2.45) is 5.10 Å². The number of methoxy groups -OCH3 is 2. The van der Waals surface area contributed by atoms with E-state index in [0.717, 1.165) is 15.7 Å². The van der Waals surface area contributed by atoms with Gasteiger partial charge in [-0.2, -0.15) is 5.10 Å². The van der Waals surface area contributed by atoms with Crippen LogP contribution in [0.4, 0.5) is 0 Å². The highest BCUT2D eigenvalue weighted by atomic mass is 16.5. The van der Waals surface area contributed by atoms with Gasteiger partial charge >= 0.3 is 5.69 Å². The molecule has 0 radical (unpaired) electrons. The Labute approximate surface area is 207 Å². The molecule has 1 atom stereocenters. The fraction of sp³-hybridized carbons (Fsp3) is 0.308. The predicted molar refractivity (Wildman–Crippen MR) is 134 cm³/mol. The van der Waals surface area contributed by atoms with Crippen molar-refractivity contribution in [1.82, 2.24) is 14.6 Å². The van der Waals surface area contributed by atoms with E-state index in [1.807, 2.05) is 19.9 Å². The third-order valence-corrected chi connectivity index (χ3v) is 6.10. The second kappa shape index (κ2) is 9.73. The van der Waals surface area contributed by atoms with Gasteiger partial charge in [0.05, 0.1) is 31.7 Å². The van der Waals surface area contributed by atoms with Crippen molar-refractivity contribution in [1.29, 1.82) is 0 Å². The fourth-order valence-electron chi connectivity index (χ4n) is 4.50. The highest BCUT2D eigenvalue weighted by molar-refractivity contribution is 6.04. The van der Waals surface area contributed by atoms with Crippen LogP contribution in [0, 0.1) is 13.8 Å². The van der Waals surface area contributed by atoms with E-state index >= 15 is 0 Å². The van der Waals surface area contributed by atoms with Gasteiger partial charge in [-0.1, -0.05) is 13.0 Å². The van der Waals surface area contributed by atoms with E-state index in [0.29, 0.717) is 22.7 Å². The number of nitrogens with one attached hydrogen (secondary N) is 1. The zero-order valence-corrected chi connectivity index (χ0v) is 20.8. The van der Waals surface area contributed by atoms with Gasteiger partial charge < -0.3 is 14.6 Å². The van der Waals surface area contributed by atoms with E-state index in [1.165, 1.54) is 19.2 Å². The molecule has 36 heavy (non-hydrogen) atoms. The number of carbonyl (C=O) groups excluding carboxylic acids is 1. The summed E-state index contributed by atoms with van der Waals surface area (Å²) in [6, 6.07) is 9.98. The summed E-state index contributed by atoms with van der Waals surface area (Å²) in [5, 5.41) is 16.9. The minimum absolute atomic E-state index is 0.108. The zero-order valence-electron chi connectivity index (χ0n) is 20.8. The Bertz CT molecular complexity index is 1470. The van der Waals surface area contributed by atoms with Crippen LogP contribution in [0.1, 0.15) is 48.1 Å². The number of aromatic nitrogens is 2. The molecular weight excluding hydrogens is 464 g/mol. The Hall–Kier alpha value is -4.34. The predicted octanol–water partition coefficient (Wildman–Crippen LogP) is 2.95. The van der Waals surface area contributed by atoms with Crippen molar-refractivity contribution < 1.29 is 19.4 Å². The molecule has 10 heteroatoms. The van der Waals surface area contributed by atoms with Crippen LogP contribution in [0.2, 0.25) is 0 Å². The second-order valence-electron chi connectivity index (χ2n) is 8.61. The Morgan fingerprint density at radius 2 is 1.81 bits per heavy atom. The highest BCUT2D eigenvalue weighted by Crippen LogP contribution is 2.40. The molecule has 2 aromatic carbocycles. The molecular formula is C26H28N4O6. The number of hydrogen-bond donors (Lipinski definition) is 2. The maximum absolute atomic E-state index is 12.9. The fourth-order valence-corrected chi connectivity index (χ4v) is 4.50. The summed E-state index contributed by atoms with van der Waals surface area (Å²) in [4.78, 5) is 40.8. The van der Waals surface area contributed by atoms with Crippen LogP contribution in [0.25, 0.3) is 5.69 Å². The first-order valence-electron chi connectivity index (χ1n) is 11.5. The molecule has 1 aliphatic heterocycles. The van der Waals surface area contributed by atoms with E-state index in [1.54, 1.807) is 37.3 Å². The zero-order chi connectivity index (χ0) is 26.1. The molecule has 10 nitrogen and oxygen atoms in total. The van der Waals surface area contributed by atoms with Crippen LogP contribution in [-0.4, -0.2) is 45.5 Å². The lowest BCUT2D eigenvalue weighted by atomic mass is 9.97. The van der Waals surface area contributed by atoms with Crippen molar-refractivity contribution in [3.05, 3.63) is 79.5 Å². The third kappa shape index (κ3) is 4.37. The first kappa shape index (κ1) is 24.8. The number of ether oxygens (including phenoxy) is 2. The van der Waals surface area contributed by atoms with Crippen LogP contribution < -0.4 is 20.7 Å². The number of carbonyl (C=O) groups is 1. The van der Waals surface area contributed by atoms with E-state index in [9.17, 15) is 19.5 Å². The van der Waals surface area contributed by atoms with Crippen molar-refractivity contribution in [2.45, 2.75) is 39.7 Å². The average Bonchev–Trinajstić information content (AvgIpc) is 3.26. The maximum atomic E-state index is 12.9. The lowest BCUT2D eigenvalue weighted by molar-refractivity contribution is -0.132. The van der Waals surface area contributed by atoms with Gasteiger partial charge in [-0.3, -0.25) is 14.6 Å². The Balaban J connectivity index is 1.88. The van der Waals surface area contributed by atoms with E-state index in [-0.39, 0.29) is 30.0 Å². The number of hydrazone groups is 1. The van der Waals surface area contributed by atoms with Crippen molar-refractivity contribution >= 4 is 11.6 Å². The Kier molecular flexibility index (Phi) is 6.69. The maximum Gasteiger partial charge on any atom is 0.335 e. The molecule has 3 aromatic rings. The molecule has 1 amide bonds. The topological polar surface area (TPSA) is 126 Å². The molecule has 0 fully saturated rings. The van der Waals surface area contributed by atoms with Crippen molar-refractivity contribution in [3.63, 3.8) is 0 Å². The lowest BCUT2D eigenvalue weighted by Crippen LogP contribution is -2.33. The molecule has 2 N–H and O–H groups in total. The molecule has 0 bridgehead atoms. The number of nitrogens with zero attached hydrogens (tertiary/aromatic N) is 3. The normalized spacial score (nSPS) is 15.1. The van der Waals surface area contributed by atoms with Crippen LogP contribution in [-0.2, 0) is 4.79 Å². The Morgan fingerprint density at radius 1 is 1.11 bits per heavy atom. The molecule has 0 unspecified atom stereocenters. The number of aromatic hydroxyl groups is 1. The third-order valence-electron chi connectivity index (χ3n) is 6.10. The minimum Gasteiger partial charge on any atom is -0.497 e. The van der Waals surface area contributed by atoms with Gasteiger partial charge in [0.2, 0.25) is 11.8 Å². The largest absolute Gasteiger partial charge is 0.497 e. The van der Waals surface area contributed by atoms with Crippen molar-refractivity contribution in [3.8, 4) is 23.1 Å². The van der Waals surface area contributed by atoms with E-state index in [4.69, 9.17) is 9.47 Å². The number of aromatic amines is 1. The van der Waals surface area contributed by atoms with Gasteiger partial charge in [0.1, 0.15) is 17.1 Å². The van der Waals surface area contributed by atoms with Gasteiger partial charge in [0, 0.05) is 18.4 Å². The summed E-state index contributed by atoms with van der Waals surface area (Å²) in [5.41, 5.74) is 1.22. The van der Waals surface area contributed by atoms with Gasteiger partial charge in [-0.15, -0.1) is 0 Å². The summed E-state index contributed by atoms with van der Waals surface area (Å²) in [6.07, 6.45) is 0.279. The monoisotopic (exact) mass is 492 g/mol. The molecule has 4 rings (SSSR count). The van der Waals surface area contributed by atoms with Gasteiger partial charge in [0.25, 0.3) is 5.56 Å². The molecule has 0 spiro atoms. The number of H-pyrrole nitrogens is 1. The summed E-state index contributed by atoms with van der Waals surface area (Å²) in [7, 11) is 3.05. The van der Waals surface area contributed by atoms with E-state index in [2.05, 4.69) is 10.1 Å².